The molecule has 30 heavy (non-hydrogen) atoms. The first kappa shape index (κ1) is 19.1. The van der Waals surface area contributed by atoms with E-state index in [1.165, 1.54) is 23.4 Å². The van der Waals surface area contributed by atoms with Crippen LogP contribution in [-0.2, 0) is 16.4 Å². The molecule has 1 fully saturated rings. The molecule has 8 heteroatoms. The summed E-state index contributed by atoms with van der Waals surface area (Å²) < 4.78 is 27.4. The van der Waals surface area contributed by atoms with Crippen LogP contribution in [0.15, 0.2) is 42.5 Å². The van der Waals surface area contributed by atoms with Crippen LogP contribution in [0, 0.1) is 0 Å². The molecule has 0 atom stereocenters. The number of hydrogen-bond acceptors (Lipinski definition) is 4. The lowest BCUT2D eigenvalue weighted by atomic mass is 10.1. The Morgan fingerprint density at radius 1 is 1.13 bits per heavy atom. The molecule has 1 aliphatic heterocycles. The fraction of sp³-hybridized carbons (Fsp3) is 0.364. The normalized spacial score (nSPS) is 16.9. The van der Waals surface area contributed by atoms with E-state index in [1.54, 1.807) is 18.2 Å². The molecule has 0 radical (unpaired) electrons. The zero-order valence-electron chi connectivity index (χ0n) is 16.8. The zero-order chi connectivity index (χ0) is 20.9. The first-order valence-corrected chi connectivity index (χ1v) is 12.2. The second kappa shape index (κ2) is 7.12. The van der Waals surface area contributed by atoms with E-state index >= 15 is 0 Å². The van der Waals surface area contributed by atoms with Crippen molar-refractivity contribution < 1.29 is 13.2 Å². The summed E-state index contributed by atoms with van der Waals surface area (Å²) in [6.45, 7) is 0.413. The maximum Gasteiger partial charge on any atom is 0.257 e. The summed E-state index contributed by atoms with van der Waals surface area (Å²) in [4.78, 5) is 17.7. The molecule has 0 spiro atoms. The van der Waals surface area contributed by atoms with Crippen LogP contribution in [0.1, 0.15) is 47.6 Å². The Morgan fingerprint density at radius 2 is 1.90 bits per heavy atom. The highest BCUT2D eigenvalue weighted by molar-refractivity contribution is 7.92. The van der Waals surface area contributed by atoms with Crippen LogP contribution in [0.25, 0.3) is 11.0 Å². The molecular formula is C22H24N4O3S. The third-order valence-electron chi connectivity index (χ3n) is 6.11. The number of nitrogens with one attached hydrogen (secondary N) is 1. The van der Waals surface area contributed by atoms with Crippen molar-refractivity contribution in [1.82, 2.24) is 9.55 Å². The summed E-state index contributed by atoms with van der Waals surface area (Å²) in [6, 6.07) is 13.5. The molecule has 1 saturated carbocycles. The Balaban J connectivity index is 1.47. The van der Waals surface area contributed by atoms with Gasteiger partial charge in [0.15, 0.2) is 0 Å². The number of aromatic nitrogens is 2. The molecule has 7 nitrogen and oxygen atoms in total. The highest BCUT2D eigenvalue weighted by atomic mass is 32.2. The second-order valence-electron chi connectivity index (χ2n) is 8.12. The summed E-state index contributed by atoms with van der Waals surface area (Å²) in [5, 5.41) is 3.01. The van der Waals surface area contributed by atoms with Gasteiger partial charge in [0.1, 0.15) is 0 Å². The van der Waals surface area contributed by atoms with Crippen molar-refractivity contribution in [3.05, 3.63) is 53.6 Å². The molecule has 1 amide bonds. The first-order valence-electron chi connectivity index (χ1n) is 10.3. The average Bonchev–Trinajstić information content (AvgIpc) is 3.44. The quantitative estimate of drug-likeness (QED) is 0.692. The summed E-state index contributed by atoms with van der Waals surface area (Å²) in [6.07, 6.45) is 6.35. The van der Waals surface area contributed by atoms with E-state index in [0.29, 0.717) is 36.2 Å². The average molecular weight is 425 g/mol. The highest BCUT2D eigenvalue weighted by Gasteiger charge is 2.28. The molecule has 1 aliphatic carbocycles. The lowest BCUT2D eigenvalue weighted by Gasteiger charge is -2.17. The smallest absolute Gasteiger partial charge is 0.257 e. The summed E-state index contributed by atoms with van der Waals surface area (Å²) in [5.41, 5.74) is 3.95. The van der Waals surface area contributed by atoms with Gasteiger partial charge >= 0.3 is 0 Å². The summed E-state index contributed by atoms with van der Waals surface area (Å²) in [5.74, 6) is 0.344. The van der Waals surface area contributed by atoms with Crippen LogP contribution in [-0.4, -0.2) is 36.7 Å². The number of para-hydroxylation sites is 2. The molecule has 3 aromatic rings. The molecule has 0 bridgehead atoms. The van der Waals surface area contributed by atoms with Crippen LogP contribution in [0.3, 0.4) is 0 Å². The Kier molecular flexibility index (Phi) is 4.54. The van der Waals surface area contributed by atoms with Gasteiger partial charge in [-0.1, -0.05) is 25.0 Å². The molecule has 2 heterocycles. The van der Waals surface area contributed by atoms with Crippen LogP contribution in [0.5, 0.6) is 0 Å². The molecule has 156 valence electrons. The fourth-order valence-electron chi connectivity index (χ4n) is 4.70. The predicted molar refractivity (Wildman–Crippen MR) is 118 cm³/mol. The number of hydrogen-bond donors (Lipinski definition) is 1. The fourth-order valence-corrected chi connectivity index (χ4v) is 5.65. The predicted octanol–water partition coefficient (Wildman–Crippen LogP) is 3.73. The number of carbonyl (C=O) groups excluding carboxylic acids is 1. The van der Waals surface area contributed by atoms with E-state index in [0.717, 1.165) is 29.4 Å². The van der Waals surface area contributed by atoms with Crippen LogP contribution in [0.4, 0.5) is 11.6 Å². The molecular weight excluding hydrogens is 400 g/mol. The van der Waals surface area contributed by atoms with Crippen molar-refractivity contribution in [2.24, 2.45) is 0 Å². The molecule has 1 aromatic heterocycles. The Hall–Kier alpha value is -2.87. The van der Waals surface area contributed by atoms with Crippen molar-refractivity contribution >= 4 is 38.6 Å². The second-order valence-corrected chi connectivity index (χ2v) is 10.0. The monoisotopic (exact) mass is 424 g/mol. The topological polar surface area (TPSA) is 84.3 Å². The largest absolute Gasteiger partial charge is 0.307 e. The standard InChI is InChI=1S/C22H24N4O3S/c1-30(28,29)25-13-12-15-14-16(10-11-19(15)25)21(27)24-22-23-18-8-4-5-9-20(18)26(22)17-6-2-3-7-17/h4-5,8-11,14,17H,2-3,6-7,12-13H2,1H3,(H,23,24,27). The number of nitrogens with zero attached hydrogens (tertiary/aromatic N) is 3. The van der Waals surface area contributed by atoms with Gasteiger partial charge in [0.2, 0.25) is 16.0 Å². The van der Waals surface area contributed by atoms with E-state index in [9.17, 15) is 13.2 Å². The van der Waals surface area contributed by atoms with Gasteiger partial charge in [-0.15, -0.1) is 0 Å². The number of fused-ring (bicyclic) bond motifs is 2. The number of imidazole rings is 1. The number of benzene rings is 2. The lowest BCUT2D eigenvalue weighted by molar-refractivity contribution is 0.102. The van der Waals surface area contributed by atoms with E-state index in [2.05, 4.69) is 14.9 Å². The van der Waals surface area contributed by atoms with Gasteiger partial charge in [-0.25, -0.2) is 13.4 Å². The maximum atomic E-state index is 13.0. The van der Waals surface area contributed by atoms with Crippen molar-refractivity contribution in [3.63, 3.8) is 0 Å². The minimum Gasteiger partial charge on any atom is -0.307 e. The van der Waals surface area contributed by atoms with Crippen molar-refractivity contribution in [2.45, 2.75) is 38.1 Å². The van der Waals surface area contributed by atoms with Gasteiger partial charge in [-0.05, 0) is 55.2 Å². The molecule has 1 N–H and O–H groups in total. The highest BCUT2D eigenvalue weighted by Crippen LogP contribution is 2.36. The third-order valence-corrected chi connectivity index (χ3v) is 7.29. The Morgan fingerprint density at radius 3 is 2.67 bits per heavy atom. The molecule has 0 saturated heterocycles. The van der Waals surface area contributed by atoms with Crippen molar-refractivity contribution in [1.29, 1.82) is 0 Å². The maximum absolute atomic E-state index is 13.0. The first-order chi connectivity index (χ1) is 14.4. The number of amides is 1. The van der Waals surface area contributed by atoms with Gasteiger partial charge < -0.3 is 4.57 Å². The SMILES string of the molecule is CS(=O)(=O)N1CCc2cc(C(=O)Nc3nc4ccccc4n3C3CCCC3)ccc21. The van der Waals surface area contributed by atoms with Crippen LogP contribution >= 0.6 is 0 Å². The van der Waals surface area contributed by atoms with Crippen LogP contribution in [0.2, 0.25) is 0 Å². The van der Waals surface area contributed by atoms with Crippen molar-refractivity contribution in [2.75, 3.05) is 22.4 Å². The number of anilines is 2. The van der Waals surface area contributed by atoms with E-state index < -0.39 is 10.0 Å². The van der Waals surface area contributed by atoms with Gasteiger partial charge in [-0.2, -0.15) is 0 Å². The van der Waals surface area contributed by atoms with Gasteiger partial charge in [0, 0.05) is 18.2 Å². The van der Waals surface area contributed by atoms with E-state index in [1.807, 2.05) is 24.3 Å². The number of carbonyl (C=O) groups is 1. The minimum atomic E-state index is -3.31. The van der Waals surface area contributed by atoms with E-state index in [4.69, 9.17) is 0 Å². The summed E-state index contributed by atoms with van der Waals surface area (Å²) >= 11 is 0. The molecule has 2 aliphatic rings. The van der Waals surface area contributed by atoms with E-state index in [-0.39, 0.29) is 5.91 Å². The van der Waals surface area contributed by atoms with Crippen molar-refractivity contribution in [3.8, 4) is 0 Å². The van der Waals surface area contributed by atoms with Gasteiger partial charge in [-0.3, -0.25) is 14.4 Å². The molecule has 0 unspecified atom stereocenters. The lowest BCUT2D eigenvalue weighted by Crippen LogP contribution is -2.27. The molecule has 2 aromatic carbocycles. The zero-order valence-corrected chi connectivity index (χ0v) is 17.7. The van der Waals surface area contributed by atoms with Gasteiger partial charge in [0.05, 0.1) is 23.0 Å². The molecule has 5 rings (SSSR count). The number of sulfonamides is 1. The Labute approximate surface area is 175 Å². The van der Waals surface area contributed by atoms with Crippen LogP contribution < -0.4 is 9.62 Å². The van der Waals surface area contributed by atoms with Gasteiger partial charge in [0.25, 0.3) is 5.91 Å². The summed E-state index contributed by atoms with van der Waals surface area (Å²) in [7, 11) is -3.31. The Bertz CT molecular complexity index is 1240. The third kappa shape index (κ3) is 3.25. The number of rotatable bonds is 4. The minimum absolute atomic E-state index is 0.231.